The van der Waals surface area contributed by atoms with Crippen LogP contribution in [0.4, 0.5) is 0 Å². The molecule has 0 saturated heterocycles. The van der Waals surface area contributed by atoms with Gasteiger partial charge in [0.05, 0.1) is 7.11 Å². The molecule has 0 amide bonds. The van der Waals surface area contributed by atoms with Gasteiger partial charge < -0.3 is 4.74 Å². The SMILES string of the molecule is COc1ccc(C(C[C@@H](C)c2ccccc2)c2ccccc2)cc1. The lowest BCUT2D eigenvalue weighted by Crippen LogP contribution is -2.06. The molecule has 3 aromatic rings. The molecule has 0 heterocycles. The van der Waals surface area contributed by atoms with Gasteiger partial charge >= 0.3 is 0 Å². The Morgan fingerprint density at radius 1 is 0.667 bits per heavy atom. The fourth-order valence-corrected chi connectivity index (χ4v) is 3.26. The summed E-state index contributed by atoms with van der Waals surface area (Å²) < 4.78 is 5.31. The molecule has 1 heteroatoms. The molecular weight excluding hydrogens is 292 g/mol. The number of rotatable bonds is 6. The Kier molecular flexibility index (Phi) is 5.32. The van der Waals surface area contributed by atoms with E-state index in [1.807, 2.05) is 0 Å². The van der Waals surface area contributed by atoms with E-state index in [0.29, 0.717) is 11.8 Å². The standard InChI is InChI=1S/C23H24O/c1-18(19-9-5-3-6-10-19)17-23(20-11-7-4-8-12-20)21-13-15-22(24-2)16-14-21/h3-16,18,23H,17H2,1-2H3/t18-,23?/m1/s1. The second-order valence-corrected chi connectivity index (χ2v) is 6.28. The summed E-state index contributed by atoms with van der Waals surface area (Å²) in [5.41, 5.74) is 4.10. The van der Waals surface area contributed by atoms with Crippen LogP contribution in [0.2, 0.25) is 0 Å². The van der Waals surface area contributed by atoms with Gasteiger partial charge in [-0.1, -0.05) is 79.7 Å². The van der Waals surface area contributed by atoms with Gasteiger partial charge in [0.1, 0.15) is 5.75 Å². The average molecular weight is 316 g/mol. The van der Waals surface area contributed by atoms with Crippen LogP contribution in [0.3, 0.4) is 0 Å². The number of benzene rings is 3. The zero-order valence-electron chi connectivity index (χ0n) is 14.4. The quantitative estimate of drug-likeness (QED) is 0.540. The van der Waals surface area contributed by atoms with E-state index >= 15 is 0 Å². The van der Waals surface area contributed by atoms with Crippen molar-refractivity contribution in [3.8, 4) is 5.75 Å². The monoisotopic (exact) mass is 316 g/mol. The molecule has 0 aromatic heterocycles. The first-order chi connectivity index (χ1) is 11.8. The van der Waals surface area contributed by atoms with Crippen LogP contribution in [0.1, 0.15) is 41.9 Å². The zero-order chi connectivity index (χ0) is 16.8. The van der Waals surface area contributed by atoms with Gasteiger partial charge in [-0.2, -0.15) is 0 Å². The Morgan fingerprint density at radius 2 is 1.17 bits per heavy atom. The van der Waals surface area contributed by atoms with Crippen LogP contribution >= 0.6 is 0 Å². The van der Waals surface area contributed by atoms with E-state index in [4.69, 9.17) is 4.74 Å². The van der Waals surface area contributed by atoms with Crippen LogP contribution < -0.4 is 4.74 Å². The zero-order valence-corrected chi connectivity index (χ0v) is 14.4. The van der Waals surface area contributed by atoms with E-state index in [0.717, 1.165) is 12.2 Å². The predicted octanol–water partition coefficient (Wildman–Crippen LogP) is 6.02. The summed E-state index contributed by atoms with van der Waals surface area (Å²) in [4.78, 5) is 0. The molecule has 0 bridgehead atoms. The molecule has 24 heavy (non-hydrogen) atoms. The first-order valence-corrected chi connectivity index (χ1v) is 8.51. The van der Waals surface area contributed by atoms with Crippen molar-refractivity contribution in [3.05, 3.63) is 102 Å². The van der Waals surface area contributed by atoms with Crippen LogP contribution in [0.15, 0.2) is 84.9 Å². The summed E-state index contributed by atoms with van der Waals surface area (Å²) in [5.74, 6) is 1.78. The van der Waals surface area contributed by atoms with Gasteiger partial charge in [0, 0.05) is 5.92 Å². The highest BCUT2D eigenvalue weighted by Crippen LogP contribution is 2.35. The molecule has 0 aliphatic carbocycles. The van der Waals surface area contributed by atoms with Gasteiger partial charge in [-0.3, -0.25) is 0 Å². The number of hydrogen-bond acceptors (Lipinski definition) is 1. The third-order valence-corrected chi connectivity index (χ3v) is 4.68. The van der Waals surface area contributed by atoms with Crippen molar-refractivity contribution in [2.24, 2.45) is 0 Å². The largest absolute Gasteiger partial charge is 0.497 e. The second-order valence-electron chi connectivity index (χ2n) is 6.28. The fraction of sp³-hybridized carbons (Fsp3) is 0.217. The lowest BCUT2D eigenvalue weighted by Gasteiger charge is -2.23. The highest BCUT2D eigenvalue weighted by Gasteiger charge is 2.18. The van der Waals surface area contributed by atoms with Crippen LogP contribution in [-0.4, -0.2) is 7.11 Å². The molecule has 0 spiro atoms. The molecule has 0 radical (unpaired) electrons. The van der Waals surface area contributed by atoms with Crippen LogP contribution in [0, 0.1) is 0 Å². The van der Waals surface area contributed by atoms with Crippen molar-refractivity contribution >= 4 is 0 Å². The molecule has 0 saturated carbocycles. The average Bonchev–Trinajstić information content (AvgIpc) is 2.67. The highest BCUT2D eigenvalue weighted by molar-refractivity contribution is 5.36. The molecule has 1 nitrogen and oxygen atoms in total. The summed E-state index contributed by atoms with van der Waals surface area (Å²) in [7, 11) is 1.71. The summed E-state index contributed by atoms with van der Waals surface area (Å²) in [6.45, 7) is 2.31. The molecule has 0 fully saturated rings. The lowest BCUT2D eigenvalue weighted by molar-refractivity contribution is 0.414. The summed E-state index contributed by atoms with van der Waals surface area (Å²) in [6, 6.07) is 30.0. The normalized spacial score (nSPS) is 13.2. The van der Waals surface area contributed by atoms with Crippen molar-refractivity contribution in [3.63, 3.8) is 0 Å². The molecule has 122 valence electrons. The minimum absolute atomic E-state index is 0.382. The first kappa shape index (κ1) is 16.3. The summed E-state index contributed by atoms with van der Waals surface area (Å²) in [5, 5.41) is 0. The molecule has 0 aliphatic heterocycles. The Bertz CT molecular complexity index is 732. The van der Waals surface area contributed by atoms with E-state index in [1.165, 1.54) is 16.7 Å². The highest BCUT2D eigenvalue weighted by atomic mass is 16.5. The topological polar surface area (TPSA) is 9.23 Å². The van der Waals surface area contributed by atoms with Gasteiger partial charge in [0.2, 0.25) is 0 Å². The third kappa shape index (κ3) is 3.86. The molecule has 1 unspecified atom stereocenters. The lowest BCUT2D eigenvalue weighted by atomic mass is 9.82. The van der Waals surface area contributed by atoms with Crippen LogP contribution in [0.5, 0.6) is 5.75 Å². The summed E-state index contributed by atoms with van der Waals surface area (Å²) in [6.07, 6.45) is 1.08. The maximum atomic E-state index is 5.31. The van der Waals surface area contributed by atoms with Gasteiger partial charge in [0.15, 0.2) is 0 Å². The maximum absolute atomic E-state index is 5.31. The van der Waals surface area contributed by atoms with E-state index in [-0.39, 0.29) is 0 Å². The Hall–Kier alpha value is -2.54. The molecule has 0 aliphatic rings. The van der Waals surface area contributed by atoms with Gasteiger partial charge in [-0.25, -0.2) is 0 Å². The summed E-state index contributed by atoms with van der Waals surface area (Å²) >= 11 is 0. The first-order valence-electron chi connectivity index (χ1n) is 8.51. The number of methoxy groups -OCH3 is 1. The second kappa shape index (κ2) is 7.83. The van der Waals surface area contributed by atoms with Crippen LogP contribution in [-0.2, 0) is 0 Å². The van der Waals surface area contributed by atoms with Gasteiger partial charge in [0.25, 0.3) is 0 Å². The van der Waals surface area contributed by atoms with E-state index in [1.54, 1.807) is 7.11 Å². The third-order valence-electron chi connectivity index (χ3n) is 4.68. The van der Waals surface area contributed by atoms with Crippen molar-refractivity contribution in [1.29, 1.82) is 0 Å². The predicted molar refractivity (Wildman–Crippen MR) is 101 cm³/mol. The minimum Gasteiger partial charge on any atom is -0.497 e. The van der Waals surface area contributed by atoms with E-state index in [2.05, 4.69) is 91.9 Å². The van der Waals surface area contributed by atoms with E-state index < -0.39 is 0 Å². The molecular formula is C23H24O. The molecule has 2 atom stereocenters. The maximum Gasteiger partial charge on any atom is 0.118 e. The van der Waals surface area contributed by atoms with Crippen molar-refractivity contribution < 1.29 is 4.74 Å². The Labute approximate surface area is 144 Å². The van der Waals surface area contributed by atoms with E-state index in [9.17, 15) is 0 Å². The Morgan fingerprint density at radius 3 is 1.71 bits per heavy atom. The van der Waals surface area contributed by atoms with Crippen LogP contribution in [0.25, 0.3) is 0 Å². The van der Waals surface area contributed by atoms with Gasteiger partial charge in [-0.05, 0) is 41.2 Å². The minimum atomic E-state index is 0.382. The molecule has 3 aromatic carbocycles. The molecule has 0 N–H and O–H groups in total. The van der Waals surface area contributed by atoms with Crippen molar-refractivity contribution in [2.45, 2.75) is 25.2 Å². The number of hydrogen-bond donors (Lipinski definition) is 0. The van der Waals surface area contributed by atoms with Gasteiger partial charge in [-0.15, -0.1) is 0 Å². The Balaban J connectivity index is 1.90. The molecule has 3 rings (SSSR count). The van der Waals surface area contributed by atoms with Crippen molar-refractivity contribution in [2.75, 3.05) is 7.11 Å². The number of ether oxygens (including phenoxy) is 1. The fourth-order valence-electron chi connectivity index (χ4n) is 3.26. The smallest absolute Gasteiger partial charge is 0.118 e. The van der Waals surface area contributed by atoms with Crippen molar-refractivity contribution in [1.82, 2.24) is 0 Å².